The quantitative estimate of drug-likeness (QED) is 0.916. The topological polar surface area (TPSA) is 31.4 Å². The second-order valence-corrected chi connectivity index (χ2v) is 6.65. The number of piperazine rings is 1. The largest absolute Gasteiger partial charge is 0.316 e. The molecule has 1 aromatic heterocycles. The maximum absolute atomic E-state index is 4.20. The van der Waals surface area contributed by atoms with Gasteiger partial charge >= 0.3 is 0 Å². The zero-order valence-corrected chi connectivity index (χ0v) is 13.7. The molecular formula is C16H27ClN4. The maximum atomic E-state index is 4.20. The molecule has 3 rings (SSSR count). The first kappa shape index (κ1) is 16.7. The molecule has 0 radical (unpaired) electrons. The van der Waals surface area contributed by atoms with E-state index in [9.17, 15) is 0 Å². The van der Waals surface area contributed by atoms with Crippen LogP contribution in [0.25, 0.3) is 0 Å². The highest BCUT2D eigenvalue weighted by molar-refractivity contribution is 5.85. The molecule has 2 aliphatic rings. The Morgan fingerprint density at radius 3 is 2.62 bits per heavy atom. The van der Waals surface area contributed by atoms with E-state index in [4.69, 9.17) is 0 Å². The third-order valence-corrected chi connectivity index (χ3v) is 4.66. The summed E-state index contributed by atoms with van der Waals surface area (Å²) in [6.45, 7) is 11.9. The van der Waals surface area contributed by atoms with E-state index in [1.165, 1.54) is 57.8 Å². The standard InChI is InChI=1S/C16H26N4.ClH/c1-16(4-6-18-13-16)14-20-9-7-19(8-10-20)12-15-3-2-5-17-11-15;/h2-3,5,11,18H,4,6-10,12-14H2,1H3;1H. The lowest BCUT2D eigenvalue weighted by Crippen LogP contribution is -2.49. The number of nitrogens with zero attached hydrogens (tertiary/aromatic N) is 3. The first-order valence-electron chi connectivity index (χ1n) is 7.78. The summed E-state index contributed by atoms with van der Waals surface area (Å²) in [6.07, 6.45) is 5.15. The average Bonchev–Trinajstić information content (AvgIpc) is 2.89. The molecule has 1 N–H and O–H groups in total. The molecule has 118 valence electrons. The Balaban J connectivity index is 0.00000161. The average molecular weight is 311 g/mol. The molecule has 0 bridgehead atoms. The number of rotatable bonds is 4. The Morgan fingerprint density at radius 2 is 2.00 bits per heavy atom. The van der Waals surface area contributed by atoms with E-state index < -0.39 is 0 Å². The molecule has 2 aliphatic heterocycles. The fourth-order valence-corrected chi connectivity index (χ4v) is 3.40. The van der Waals surface area contributed by atoms with Gasteiger partial charge in [-0.05, 0) is 30.0 Å². The summed E-state index contributed by atoms with van der Waals surface area (Å²) < 4.78 is 0. The van der Waals surface area contributed by atoms with Crippen LogP contribution in [0.2, 0.25) is 0 Å². The van der Waals surface area contributed by atoms with Gasteiger partial charge in [0.15, 0.2) is 0 Å². The minimum absolute atomic E-state index is 0. The highest BCUT2D eigenvalue weighted by Gasteiger charge is 2.31. The maximum Gasteiger partial charge on any atom is 0.0312 e. The van der Waals surface area contributed by atoms with Gasteiger partial charge in [0, 0.05) is 58.2 Å². The smallest absolute Gasteiger partial charge is 0.0312 e. The molecule has 0 aliphatic carbocycles. The molecule has 0 saturated carbocycles. The van der Waals surface area contributed by atoms with Gasteiger partial charge in [-0.3, -0.25) is 9.88 Å². The number of halogens is 1. The number of hydrogen-bond acceptors (Lipinski definition) is 4. The number of hydrogen-bond donors (Lipinski definition) is 1. The second kappa shape index (κ2) is 7.54. The number of aromatic nitrogens is 1. The van der Waals surface area contributed by atoms with Crippen LogP contribution in [0.15, 0.2) is 24.5 Å². The SMILES string of the molecule is CC1(CN2CCN(Cc3cccnc3)CC2)CCNC1.Cl. The van der Waals surface area contributed by atoms with Crippen molar-refractivity contribution in [1.82, 2.24) is 20.1 Å². The fourth-order valence-electron chi connectivity index (χ4n) is 3.40. The Hall–Kier alpha value is -0.680. The van der Waals surface area contributed by atoms with Gasteiger partial charge in [0.2, 0.25) is 0 Å². The first-order valence-corrected chi connectivity index (χ1v) is 7.78. The first-order chi connectivity index (χ1) is 9.73. The Bertz CT molecular complexity index is 412. The third-order valence-electron chi connectivity index (χ3n) is 4.66. The summed E-state index contributed by atoms with van der Waals surface area (Å²) in [7, 11) is 0. The number of nitrogens with one attached hydrogen (secondary N) is 1. The van der Waals surface area contributed by atoms with E-state index in [2.05, 4.69) is 33.1 Å². The zero-order chi connectivity index (χ0) is 13.8. The Labute approximate surface area is 134 Å². The molecule has 0 spiro atoms. The minimum atomic E-state index is 0. The monoisotopic (exact) mass is 310 g/mol. The van der Waals surface area contributed by atoms with E-state index in [0.29, 0.717) is 5.41 Å². The van der Waals surface area contributed by atoms with Gasteiger partial charge in [-0.1, -0.05) is 13.0 Å². The van der Waals surface area contributed by atoms with E-state index >= 15 is 0 Å². The molecule has 1 atom stereocenters. The molecule has 5 heteroatoms. The van der Waals surface area contributed by atoms with Crippen LogP contribution in [-0.2, 0) is 6.54 Å². The van der Waals surface area contributed by atoms with Crippen molar-refractivity contribution >= 4 is 12.4 Å². The summed E-state index contributed by atoms with van der Waals surface area (Å²) in [5.74, 6) is 0. The molecule has 0 aromatic carbocycles. The summed E-state index contributed by atoms with van der Waals surface area (Å²) in [6, 6.07) is 4.20. The van der Waals surface area contributed by atoms with Crippen molar-refractivity contribution in [2.75, 3.05) is 45.8 Å². The number of pyridine rings is 1. The normalized spacial score (nSPS) is 27.5. The van der Waals surface area contributed by atoms with Crippen molar-refractivity contribution in [1.29, 1.82) is 0 Å². The molecule has 0 amide bonds. The van der Waals surface area contributed by atoms with Gasteiger partial charge in [-0.2, -0.15) is 0 Å². The lowest BCUT2D eigenvalue weighted by atomic mass is 9.89. The van der Waals surface area contributed by atoms with Crippen molar-refractivity contribution in [2.45, 2.75) is 19.9 Å². The van der Waals surface area contributed by atoms with Crippen LogP contribution in [0.5, 0.6) is 0 Å². The summed E-state index contributed by atoms with van der Waals surface area (Å²) >= 11 is 0. The minimum Gasteiger partial charge on any atom is -0.316 e. The Kier molecular flexibility index (Phi) is 5.99. The lowest BCUT2D eigenvalue weighted by molar-refractivity contribution is 0.0932. The van der Waals surface area contributed by atoms with Crippen molar-refractivity contribution in [3.8, 4) is 0 Å². The van der Waals surface area contributed by atoms with E-state index in [-0.39, 0.29) is 12.4 Å². The summed E-state index contributed by atoms with van der Waals surface area (Å²) in [5, 5.41) is 3.50. The van der Waals surface area contributed by atoms with E-state index in [1.54, 1.807) is 0 Å². The molecular weight excluding hydrogens is 284 g/mol. The van der Waals surface area contributed by atoms with Gasteiger partial charge in [0.25, 0.3) is 0 Å². The van der Waals surface area contributed by atoms with E-state index in [0.717, 1.165) is 6.54 Å². The summed E-state index contributed by atoms with van der Waals surface area (Å²) in [4.78, 5) is 9.39. The van der Waals surface area contributed by atoms with Gasteiger partial charge in [0.1, 0.15) is 0 Å². The van der Waals surface area contributed by atoms with Crippen LogP contribution < -0.4 is 5.32 Å². The Morgan fingerprint density at radius 1 is 1.24 bits per heavy atom. The van der Waals surface area contributed by atoms with Gasteiger partial charge in [0.05, 0.1) is 0 Å². The molecule has 1 aromatic rings. The van der Waals surface area contributed by atoms with Crippen LogP contribution in [0, 0.1) is 5.41 Å². The van der Waals surface area contributed by atoms with Gasteiger partial charge < -0.3 is 10.2 Å². The molecule has 21 heavy (non-hydrogen) atoms. The van der Waals surface area contributed by atoms with Crippen molar-refractivity contribution < 1.29 is 0 Å². The highest BCUT2D eigenvalue weighted by atomic mass is 35.5. The third kappa shape index (κ3) is 4.65. The van der Waals surface area contributed by atoms with Crippen molar-refractivity contribution in [2.24, 2.45) is 5.41 Å². The van der Waals surface area contributed by atoms with Crippen LogP contribution in [0.1, 0.15) is 18.9 Å². The molecule has 2 saturated heterocycles. The molecule has 2 fully saturated rings. The second-order valence-electron chi connectivity index (χ2n) is 6.65. The zero-order valence-electron chi connectivity index (χ0n) is 12.9. The molecule has 4 nitrogen and oxygen atoms in total. The van der Waals surface area contributed by atoms with Crippen LogP contribution in [0.4, 0.5) is 0 Å². The molecule has 1 unspecified atom stereocenters. The predicted octanol–water partition coefficient (Wildman–Crippen LogP) is 1.62. The highest BCUT2D eigenvalue weighted by Crippen LogP contribution is 2.26. The van der Waals surface area contributed by atoms with Gasteiger partial charge in [-0.25, -0.2) is 0 Å². The van der Waals surface area contributed by atoms with Crippen LogP contribution in [-0.4, -0.2) is 60.6 Å². The van der Waals surface area contributed by atoms with E-state index in [1.807, 2.05) is 18.5 Å². The lowest BCUT2D eigenvalue weighted by Gasteiger charge is -2.38. The van der Waals surface area contributed by atoms with Gasteiger partial charge in [-0.15, -0.1) is 12.4 Å². The predicted molar refractivity (Wildman–Crippen MR) is 88.8 cm³/mol. The van der Waals surface area contributed by atoms with Crippen molar-refractivity contribution in [3.63, 3.8) is 0 Å². The molecule has 3 heterocycles. The van der Waals surface area contributed by atoms with Crippen molar-refractivity contribution in [3.05, 3.63) is 30.1 Å². The fraction of sp³-hybridized carbons (Fsp3) is 0.688. The van der Waals surface area contributed by atoms with Crippen LogP contribution >= 0.6 is 12.4 Å². The van der Waals surface area contributed by atoms with Crippen LogP contribution in [0.3, 0.4) is 0 Å². The summed E-state index contributed by atoms with van der Waals surface area (Å²) in [5.41, 5.74) is 1.82.